The summed E-state index contributed by atoms with van der Waals surface area (Å²) in [6.45, 7) is 1.86. The van der Waals surface area contributed by atoms with E-state index in [1.165, 1.54) is 22.6 Å². The van der Waals surface area contributed by atoms with Gasteiger partial charge in [0, 0.05) is 11.8 Å². The zero-order chi connectivity index (χ0) is 13.0. The van der Waals surface area contributed by atoms with Gasteiger partial charge in [0.1, 0.15) is 0 Å². The number of nitrogens with one attached hydrogen (secondary N) is 1. The summed E-state index contributed by atoms with van der Waals surface area (Å²) in [4.78, 5) is 25.2. The molecule has 1 aromatic heterocycles. The molecule has 17 heavy (non-hydrogen) atoms. The maximum Gasteiger partial charge on any atom is 0.310 e. The van der Waals surface area contributed by atoms with Gasteiger partial charge in [0.15, 0.2) is 5.43 Å². The fourth-order valence-electron chi connectivity index (χ4n) is 1.21. The first-order chi connectivity index (χ1) is 7.97. The van der Waals surface area contributed by atoms with E-state index in [2.05, 4.69) is 9.72 Å². The largest absolute Gasteiger partial charge is 0.466 e. The van der Waals surface area contributed by atoms with Crippen molar-refractivity contribution in [3.63, 3.8) is 0 Å². The van der Waals surface area contributed by atoms with E-state index in [0.29, 0.717) is 0 Å². The maximum atomic E-state index is 12.5. The molecule has 0 radical (unpaired) electrons. The molecule has 0 amide bonds. The van der Waals surface area contributed by atoms with Gasteiger partial charge in [0.05, 0.1) is 22.3 Å². The number of H-pyrrole nitrogens is 1. The number of alkyl halides is 2. The summed E-state index contributed by atoms with van der Waals surface area (Å²) in [5, 5.41) is 0. The Morgan fingerprint density at radius 2 is 2.24 bits per heavy atom. The number of rotatable bonds is 4. The summed E-state index contributed by atoms with van der Waals surface area (Å²) in [5.41, 5.74) is -0.867. The van der Waals surface area contributed by atoms with E-state index in [1.807, 2.05) is 0 Å². The van der Waals surface area contributed by atoms with E-state index in [-0.39, 0.29) is 22.2 Å². The second-order valence-corrected chi connectivity index (χ2v) is 4.23. The second kappa shape index (κ2) is 6.08. The highest BCUT2D eigenvalue weighted by Gasteiger charge is 2.18. The first kappa shape index (κ1) is 14.1. The molecular weight excluding hydrogens is 347 g/mol. The minimum atomic E-state index is -2.74. The van der Waals surface area contributed by atoms with Crippen LogP contribution < -0.4 is 5.43 Å². The summed E-state index contributed by atoms with van der Waals surface area (Å²) < 4.78 is 29.5. The normalized spacial score (nSPS) is 10.6. The summed E-state index contributed by atoms with van der Waals surface area (Å²) >= 11 is 1.54. The van der Waals surface area contributed by atoms with Crippen molar-refractivity contribution in [1.82, 2.24) is 4.98 Å². The van der Waals surface area contributed by atoms with E-state index in [1.54, 1.807) is 6.92 Å². The molecule has 7 heteroatoms. The molecule has 0 aliphatic carbocycles. The van der Waals surface area contributed by atoms with Gasteiger partial charge in [0.25, 0.3) is 6.43 Å². The molecule has 1 N–H and O–H groups in total. The first-order valence-corrected chi connectivity index (χ1v) is 5.89. The quantitative estimate of drug-likeness (QED) is 0.663. The Bertz CT molecular complexity index is 473. The fourth-order valence-corrected chi connectivity index (χ4v) is 1.95. The number of halogens is 3. The number of hydrogen-bond acceptors (Lipinski definition) is 3. The third-order valence-electron chi connectivity index (χ3n) is 1.99. The molecule has 0 aliphatic rings. The molecule has 1 rings (SSSR count). The van der Waals surface area contributed by atoms with Crippen LogP contribution in [0, 0.1) is 3.57 Å². The molecule has 4 nitrogen and oxygen atoms in total. The topological polar surface area (TPSA) is 59.2 Å². The Kier molecular flexibility index (Phi) is 5.03. The van der Waals surface area contributed by atoms with Crippen LogP contribution in [0.25, 0.3) is 0 Å². The van der Waals surface area contributed by atoms with E-state index >= 15 is 0 Å². The van der Waals surface area contributed by atoms with Crippen LogP contribution >= 0.6 is 22.6 Å². The van der Waals surface area contributed by atoms with Crippen LogP contribution in [0.15, 0.2) is 11.0 Å². The highest BCUT2D eigenvalue weighted by atomic mass is 127. The molecule has 0 fully saturated rings. The lowest BCUT2D eigenvalue weighted by atomic mass is 10.2. The SMILES string of the molecule is CCOC(=O)Cc1c[nH]c(C(F)F)c(I)c1=O. The lowest BCUT2D eigenvalue weighted by Gasteiger charge is -2.06. The molecule has 0 saturated heterocycles. The number of ether oxygens (including phenoxy) is 1. The van der Waals surface area contributed by atoms with Crippen molar-refractivity contribution >= 4 is 28.6 Å². The Morgan fingerprint density at radius 1 is 1.59 bits per heavy atom. The van der Waals surface area contributed by atoms with Gasteiger partial charge in [-0.25, -0.2) is 8.78 Å². The molecule has 0 aliphatic heterocycles. The molecule has 1 heterocycles. The van der Waals surface area contributed by atoms with Crippen LogP contribution in [0.2, 0.25) is 0 Å². The second-order valence-electron chi connectivity index (χ2n) is 3.15. The highest BCUT2D eigenvalue weighted by Crippen LogP contribution is 2.19. The molecule has 0 spiro atoms. The third kappa shape index (κ3) is 3.48. The van der Waals surface area contributed by atoms with Crippen LogP contribution in [0.5, 0.6) is 0 Å². The number of aromatic amines is 1. The summed E-state index contributed by atoms with van der Waals surface area (Å²) in [5.74, 6) is -0.557. The van der Waals surface area contributed by atoms with Gasteiger partial charge < -0.3 is 9.72 Å². The Hall–Kier alpha value is -0.990. The standard InChI is InChI=1S/C10H10F2INO3/c1-2-17-6(15)3-5-4-14-8(10(11)12)7(13)9(5)16/h4,10H,2-3H2,1H3,(H,14,16). The van der Waals surface area contributed by atoms with Crippen molar-refractivity contribution in [1.29, 1.82) is 0 Å². The van der Waals surface area contributed by atoms with Crippen LogP contribution in [-0.4, -0.2) is 17.6 Å². The Morgan fingerprint density at radius 3 is 2.76 bits per heavy atom. The smallest absolute Gasteiger partial charge is 0.310 e. The minimum Gasteiger partial charge on any atom is -0.466 e. The Labute approximate surface area is 110 Å². The minimum absolute atomic E-state index is 0.0978. The highest BCUT2D eigenvalue weighted by molar-refractivity contribution is 14.1. The van der Waals surface area contributed by atoms with Gasteiger partial charge >= 0.3 is 5.97 Å². The van der Waals surface area contributed by atoms with Crippen molar-refractivity contribution in [2.45, 2.75) is 19.8 Å². The van der Waals surface area contributed by atoms with Crippen LogP contribution in [0.4, 0.5) is 8.78 Å². The number of carbonyl (C=O) groups is 1. The molecule has 0 unspecified atom stereocenters. The Balaban J connectivity index is 3.01. The molecule has 0 aromatic carbocycles. The van der Waals surface area contributed by atoms with Crippen molar-refractivity contribution in [3.8, 4) is 0 Å². The molecule has 1 aromatic rings. The van der Waals surface area contributed by atoms with Gasteiger partial charge in [-0.1, -0.05) is 0 Å². The van der Waals surface area contributed by atoms with Crippen molar-refractivity contribution in [3.05, 3.63) is 31.2 Å². The van der Waals surface area contributed by atoms with Gasteiger partial charge in [-0.05, 0) is 29.5 Å². The number of carbonyl (C=O) groups excluding carboxylic acids is 1. The van der Waals surface area contributed by atoms with E-state index in [9.17, 15) is 18.4 Å². The average Bonchev–Trinajstić information content (AvgIpc) is 2.25. The van der Waals surface area contributed by atoms with E-state index in [0.717, 1.165) is 6.20 Å². The maximum absolute atomic E-state index is 12.5. The monoisotopic (exact) mass is 357 g/mol. The fraction of sp³-hybridized carbons (Fsp3) is 0.400. The summed E-state index contributed by atoms with van der Waals surface area (Å²) in [6, 6.07) is 0. The lowest BCUT2D eigenvalue weighted by Crippen LogP contribution is -2.20. The van der Waals surface area contributed by atoms with Gasteiger partial charge in [0.2, 0.25) is 0 Å². The number of hydrogen-bond donors (Lipinski definition) is 1. The van der Waals surface area contributed by atoms with E-state index in [4.69, 9.17) is 0 Å². The number of esters is 1. The molecule has 0 bridgehead atoms. The average molecular weight is 357 g/mol. The molecule has 94 valence electrons. The van der Waals surface area contributed by atoms with Gasteiger partial charge in [-0.3, -0.25) is 9.59 Å². The third-order valence-corrected chi connectivity index (χ3v) is 3.06. The van der Waals surface area contributed by atoms with E-state index < -0.39 is 23.5 Å². The zero-order valence-electron chi connectivity index (χ0n) is 8.93. The van der Waals surface area contributed by atoms with Gasteiger partial charge in [-0.15, -0.1) is 0 Å². The molecule has 0 atom stereocenters. The summed E-state index contributed by atoms with van der Waals surface area (Å²) in [6.07, 6.45) is -1.84. The first-order valence-electron chi connectivity index (χ1n) is 4.81. The predicted octanol–water partition coefficient (Wildman–Crippen LogP) is 2.02. The molecular formula is C10H10F2INO3. The van der Waals surface area contributed by atoms with Crippen LogP contribution in [0.3, 0.4) is 0 Å². The lowest BCUT2D eigenvalue weighted by molar-refractivity contribution is -0.142. The molecule has 0 saturated carbocycles. The summed E-state index contributed by atoms with van der Waals surface area (Å²) in [7, 11) is 0. The number of pyridine rings is 1. The predicted molar refractivity (Wildman–Crippen MR) is 65.1 cm³/mol. The van der Waals surface area contributed by atoms with Crippen molar-refractivity contribution in [2.24, 2.45) is 0 Å². The van der Waals surface area contributed by atoms with Crippen molar-refractivity contribution < 1.29 is 18.3 Å². The van der Waals surface area contributed by atoms with Crippen molar-refractivity contribution in [2.75, 3.05) is 6.61 Å². The number of aromatic nitrogens is 1. The zero-order valence-corrected chi connectivity index (χ0v) is 11.1. The van der Waals surface area contributed by atoms with Crippen LogP contribution in [0.1, 0.15) is 24.6 Å². The van der Waals surface area contributed by atoms with Crippen LogP contribution in [-0.2, 0) is 16.0 Å². The van der Waals surface area contributed by atoms with Gasteiger partial charge in [-0.2, -0.15) is 0 Å².